The highest BCUT2D eigenvalue weighted by atomic mass is 15.6. The number of hydrogen-bond acceptors (Lipinski definition) is 5. The third-order valence-electron chi connectivity index (χ3n) is 7.06. The van der Waals surface area contributed by atoms with Gasteiger partial charge in [0.25, 0.3) is 0 Å². The molecule has 0 aliphatic carbocycles. The van der Waals surface area contributed by atoms with Gasteiger partial charge in [-0.1, -0.05) is 31.2 Å². The maximum Gasteiger partial charge on any atom is 0.214 e. The summed E-state index contributed by atoms with van der Waals surface area (Å²) in [6, 6.07) is 16.9. The molecule has 1 fully saturated rings. The van der Waals surface area contributed by atoms with Crippen LogP contribution in [0.1, 0.15) is 61.3 Å². The predicted octanol–water partition coefficient (Wildman–Crippen LogP) is 2.80. The van der Waals surface area contributed by atoms with Crippen molar-refractivity contribution >= 4 is 5.69 Å². The lowest BCUT2D eigenvalue weighted by Gasteiger charge is -2.38. The van der Waals surface area contributed by atoms with Gasteiger partial charge in [0.2, 0.25) is 5.82 Å². The molecular formula is C26H34N7+. The lowest BCUT2D eigenvalue weighted by molar-refractivity contribution is -0.927. The third-order valence-corrected chi connectivity index (χ3v) is 7.06. The summed E-state index contributed by atoms with van der Waals surface area (Å²) < 4.78 is 1.99. The molecule has 1 aromatic heterocycles. The van der Waals surface area contributed by atoms with Crippen molar-refractivity contribution in [3.05, 3.63) is 70.5 Å². The molecule has 0 saturated carbocycles. The van der Waals surface area contributed by atoms with Crippen LogP contribution in [0.5, 0.6) is 0 Å². The van der Waals surface area contributed by atoms with Gasteiger partial charge in [-0.15, -0.1) is 5.10 Å². The minimum Gasteiger partial charge on any atom is -0.360 e. The molecule has 0 bridgehead atoms. The number of tetrazole rings is 1. The van der Waals surface area contributed by atoms with E-state index in [1.165, 1.54) is 21.7 Å². The summed E-state index contributed by atoms with van der Waals surface area (Å²) in [7, 11) is 0. The van der Waals surface area contributed by atoms with Gasteiger partial charge in [0.1, 0.15) is 0 Å². The molecule has 3 aromatic rings. The fourth-order valence-electron chi connectivity index (χ4n) is 4.69. The van der Waals surface area contributed by atoms with Gasteiger partial charge in [-0.05, 0) is 73.9 Å². The molecule has 0 unspecified atom stereocenters. The van der Waals surface area contributed by atoms with Crippen molar-refractivity contribution in [3.8, 4) is 6.07 Å². The fourth-order valence-corrected chi connectivity index (χ4v) is 4.69. The molecule has 2 heterocycles. The predicted molar refractivity (Wildman–Crippen MR) is 129 cm³/mol. The topological polar surface area (TPSA) is 75.1 Å². The SMILES string of the molecule is CCC(C)(C)n1nnnc1[C@H](c1cccc(C#N)c1)[NH+]1CCN(c2cc(C)ccc2C)CC1. The average Bonchev–Trinajstić information content (AvgIpc) is 3.32. The second kappa shape index (κ2) is 9.32. The quantitative estimate of drug-likeness (QED) is 0.633. The molecule has 0 amide bonds. The van der Waals surface area contributed by atoms with E-state index in [2.05, 4.69) is 85.4 Å². The normalized spacial score (nSPS) is 15.9. The second-order valence-corrected chi connectivity index (χ2v) is 9.72. The summed E-state index contributed by atoms with van der Waals surface area (Å²) in [6.45, 7) is 14.7. The van der Waals surface area contributed by atoms with Gasteiger partial charge < -0.3 is 9.80 Å². The fraction of sp³-hybridized carbons (Fsp3) is 0.462. The molecule has 1 aliphatic heterocycles. The summed E-state index contributed by atoms with van der Waals surface area (Å²) in [5.41, 5.74) is 5.50. The number of rotatable bonds is 6. The Bertz CT molecular complexity index is 1150. The first-order valence-corrected chi connectivity index (χ1v) is 11.8. The van der Waals surface area contributed by atoms with Gasteiger partial charge in [-0.3, -0.25) is 0 Å². The van der Waals surface area contributed by atoms with E-state index in [-0.39, 0.29) is 11.6 Å². The van der Waals surface area contributed by atoms with Crippen LogP contribution in [-0.4, -0.2) is 46.4 Å². The Morgan fingerprint density at radius 3 is 2.58 bits per heavy atom. The number of quaternary nitrogens is 1. The van der Waals surface area contributed by atoms with Crippen molar-refractivity contribution in [2.75, 3.05) is 31.1 Å². The van der Waals surface area contributed by atoms with Gasteiger partial charge >= 0.3 is 0 Å². The maximum absolute atomic E-state index is 9.51. The van der Waals surface area contributed by atoms with Gasteiger partial charge in [0.05, 0.1) is 43.4 Å². The first-order chi connectivity index (χ1) is 15.8. The second-order valence-electron chi connectivity index (χ2n) is 9.72. The number of nitrogens with one attached hydrogen (secondary N) is 1. The number of aromatic nitrogens is 4. The minimum absolute atomic E-state index is 0.0279. The molecule has 1 aliphatic rings. The molecule has 33 heavy (non-hydrogen) atoms. The van der Waals surface area contributed by atoms with Crippen LogP contribution in [0.15, 0.2) is 42.5 Å². The summed E-state index contributed by atoms with van der Waals surface area (Å²) in [5, 5.41) is 22.5. The molecule has 0 radical (unpaired) electrons. The monoisotopic (exact) mass is 444 g/mol. The summed E-state index contributed by atoms with van der Waals surface area (Å²) in [4.78, 5) is 3.92. The number of nitrogens with zero attached hydrogens (tertiary/aromatic N) is 6. The first-order valence-electron chi connectivity index (χ1n) is 11.8. The third kappa shape index (κ3) is 4.62. The van der Waals surface area contributed by atoms with E-state index in [9.17, 15) is 5.26 Å². The van der Waals surface area contributed by atoms with E-state index in [1.54, 1.807) is 0 Å². The van der Waals surface area contributed by atoms with E-state index in [0.717, 1.165) is 44.0 Å². The first kappa shape index (κ1) is 22.9. The average molecular weight is 445 g/mol. The van der Waals surface area contributed by atoms with Crippen molar-refractivity contribution in [1.29, 1.82) is 5.26 Å². The van der Waals surface area contributed by atoms with Crippen LogP contribution in [-0.2, 0) is 5.54 Å². The molecule has 1 saturated heterocycles. The Morgan fingerprint density at radius 1 is 1.12 bits per heavy atom. The van der Waals surface area contributed by atoms with Crippen LogP contribution in [0.4, 0.5) is 5.69 Å². The number of nitriles is 1. The summed E-state index contributed by atoms with van der Waals surface area (Å²) in [6.07, 6.45) is 0.922. The number of piperazine rings is 1. The summed E-state index contributed by atoms with van der Waals surface area (Å²) >= 11 is 0. The highest BCUT2D eigenvalue weighted by Gasteiger charge is 2.37. The molecule has 1 atom stereocenters. The smallest absolute Gasteiger partial charge is 0.214 e. The zero-order valence-corrected chi connectivity index (χ0v) is 20.3. The van der Waals surface area contributed by atoms with Crippen molar-refractivity contribution in [1.82, 2.24) is 20.2 Å². The lowest BCUT2D eigenvalue weighted by Crippen LogP contribution is -3.15. The van der Waals surface area contributed by atoms with Crippen molar-refractivity contribution in [2.24, 2.45) is 0 Å². The molecule has 172 valence electrons. The number of aryl methyl sites for hydroxylation is 2. The molecule has 4 rings (SSSR count). The summed E-state index contributed by atoms with van der Waals surface area (Å²) in [5.74, 6) is 0.868. The van der Waals surface area contributed by atoms with Gasteiger partial charge in [0.15, 0.2) is 6.04 Å². The molecule has 1 N–H and O–H groups in total. The van der Waals surface area contributed by atoms with Gasteiger partial charge in [0, 0.05) is 11.3 Å². The van der Waals surface area contributed by atoms with Crippen molar-refractivity contribution < 1.29 is 4.90 Å². The number of anilines is 1. The highest BCUT2D eigenvalue weighted by Crippen LogP contribution is 2.26. The van der Waals surface area contributed by atoms with Crippen molar-refractivity contribution in [3.63, 3.8) is 0 Å². The van der Waals surface area contributed by atoms with E-state index < -0.39 is 0 Å². The zero-order chi connectivity index (χ0) is 23.6. The standard InChI is InChI=1S/C26H33N7/c1-6-26(4,5)33-25(28-29-30-33)24(22-9-7-8-21(17-22)18-27)32-14-12-31(13-15-32)23-16-19(2)10-11-20(23)3/h7-11,16-17,24H,6,12-15H2,1-5H3/p+1/t24-/m0/s1. The van der Waals surface area contributed by atoms with Crippen LogP contribution in [0, 0.1) is 25.2 Å². The van der Waals surface area contributed by atoms with Crippen LogP contribution in [0.25, 0.3) is 0 Å². The maximum atomic E-state index is 9.51. The minimum atomic E-state index is -0.191. The Hall–Kier alpha value is -3.24. The lowest BCUT2D eigenvalue weighted by atomic mass is 9.98. The van der Waals surface area contributed by atoms with E-state index in [1.807, 2.05) is 22.9 Å². The zero-order valence-electron chi connectivity index (χ0n) is 20.3. The Kier molecular flexibility index (Phi) is 6.48. The number of hydrogen-bond donors (Lipinski definition) is 1. The van der Waals surface area contributed by atoms with E-state index in [4.69, 9.17) is 0 Å². The van der Waals surface area contributed by atoms with Gasteiger partial charge in [-0.25, -0.2) is 4.68 Å². The van der Waals surface area contributed by atoms with Gasteiger partial charge in [-0.2, -0.15) is 5.26 Å². The van der Waals surface area contributed by atoms with Crippen LogP contribution < -0.4 is 9.80 Å². The Labute approximate surface area is 196 Å². The largest absolute Gasteiger partial charge is 0.360 e. The van der Waals surface area contributed by atoms with Crippen LogP contribution in [0.3, 0.4) is 0 Å². The Morgan fingerprint density at radius 2 is 1.88 bits per heavy atom. The van der Waals surface area contributed by atoms with Crippen LogP contribution in [0.2, 0.25) is 0 Å². The molecule has 2 aromatic carbocycles. The number of benzene rings is 2. The van der Waals surface area contributed by atoms with Crippen molar-refractivity contribution in [2.45, 2.75) is 52.6 Å². The highest BCUT2D eigenvalue weighted by molar-refractivity contribution is 5.55. The van der Waals surface area contributed by atoms with E-state index >= 15 is 0 Å². The molecule has 7 heteroatoms. The molecule has 7 nitrogen and oxygen atoms in total. The molecular weight excluding hydrogens is 410 g/mol. The van der Waals surface area contributed by atoms with Crippen LogP contribution >= 0.6 is 0 Å². The Balaban J connectivity index is 1.68. The molecule has 0 spiro atoms. The van der Waals surface area contributed by atoms with E-state index in [0.29, 0.717) is 5.56 Å².